The van der Waals surface area contributed by atoms with Crippen molar-refractivity contribution in [3.63, 3.8) is 0 Å². The lowest BCUT2D eigenvalue weighted by Gasteiger charge is -2.23. The van der Waals surface area contributed by atoms with Crippen LogP contribution in [0.4, 0.5) is 0 Å². The van der Waals surface area contributed by atoms with Crippen LogP contribution in [0.15, 0.2) is 42.5 Å². The Morgan fingerprint density at radius 1 is 1.08 bits per heavy atom. The summed E-state index contributed by atoms with van der Waals surface area (Å²) in [6.07, 6.45) is 2.05. The van der Waals surface area contributed by atoms with Gasteiger partial charge in [0.2, 0.25) is 5.91 Å². The molecule has 2 amide bonds. The molecule has 5 heteroatoms. The fourth-order valence-electron chi connectivity index (χ4n) is 2.81. The summed E-state index contributed by atoms with van der Waals surface area (Å²) < 4.78 is 5.70. The molecule has 0 aliphatic heterocycles. The molecular weight excluding hydrogens is 328 g/mol. The normalized spacial score (nSPS) is 13.3. The lowest BCUT2D eigenvalue weighted by Crippen LogP contribution is -2.36. The maximum absolute atomic E-state index is 12.7. The van der Waals surface area contributed by atoms with E-state index in [1.807, 2.05) is 49.1 Å². The molecule has 1 fully saturated rings. The minimum atomic E-state index is -0.450. The molecule has 2 aromatic carbocycles. The molecule has 0 bridgehead atoms. The number of nitrogens with zero attached hydrogens (tertiary/aromatic N) is 1. The van der Waals surface area contributed by atoms with Gasteiger partial charge >= 0.3 is 0 Å². The second kappa shape index (κ2) is 7.60. The van der Waals surface area contributed by atoms with Crippen LogP contribution < -0.4 is 10.5 Å². The van der Waals surface area contributed by atoms with Crippen LogP contribution in [-0.4, -0.2) is 29.4 Å². The van der Waals surface area contributed by atoms with E-state index in [-0.39, 0.29) is 18.6 Å². The lowest BCUT2D eigenvalue weighted by molar-refractivity contribution is -0.134. The average Bonchev–Trinajstić information content (AvgIpc) is 3.45. The smallest absolute Gasteiger partial charge is 0.261 e. The molecule has 0 spiro atoms. The Labute approximate surface area is 153 Å². The molecule has 2 N–H and O–H groups in total. The third kappa shape index (κ3) is 4.42. The van der Waals surface area contributed by atoms with E-state index in [0.29, 0.717) is 17.9 Å². The maximum atomic E-state index is 12.7. The van der Waals surface area contributed by atoms with Crippen LogP contribution in [0.5, 0.6) is 5.75 Å². The van der Waals surface area contributed by atoms with Crippen LogP contribution in [0.25, 0.3) is 0 Å². The van der Waals surface area contributed by atoms with Gasteiger partial charge in [0, 0.05) is 18.2 Å². The molecule has 1 aliphatic rings. The van der Waals surface area contributed by atoms with E-state index >= 15 is 0 Å². The zero-order chi connectivity index (χ0) is 18.7. The van der Waals surface area contributed by atoms with Crippen molar-refractivity contribution in [1.82, 2.24) is 4.90 Å². The van der Waals surface area contributed by atoms with E-state index in [0.717, 1.165) is 24.0 Å². The van der Waals surface area contributed by atoms with E-state index in [1.165, 1.54) is 5.56 Å². The number of hydrogen-bond acceptors (Lipinski definition) is 3. The number of carbonyl (C=O) groups is 2. The molecule has 2 aromatic rings. The number of rotatable bonds is 7. The third-order valence-electron chi connectivity index (χ3n) is 4.74. The van der Waals surface area contributed by atoms with Crippen molar-refractivity contribution in [2.75, 3.05) is 6.61 Å². The van der Waals surface area contributed by atoms with E-state index in [4.69, 9.17) is 10.5 Å². The number of amides is 2. The first kappa shape index (κ1) is 18.0. The van der Waals surface area contributed by atoms with Gasteiger partial charge in [-0.3, -0.25) is 9.59 Å². The van der Waals surface area contributed by atoms with Crippen LogP contribution in [0.3, 0.4) is 0 Å². The highest BCUT2D eigenvalue weighted by molar-refractivity contribution is 5.92. The molecule has 0 aromatic heterocycles. The predicted octanol–water partition coefficient (Wildman–Crippen LogP) is 2.97. The molecule has 0 atom stereocenters. The number of hydrogen-bond donors (Lipinski definition) is 1. The van der Waals surface area contributed by atoms with E-state index in [2.05, 4.69) is 0 Å². The molecular formula is C21H24N2O3. The molecule has 1 saturated carbocycles. The number of carbonyl (C=O) groups excluding carboxylic acids is 2. The van der Waals surface area contributed by atoms with E-state index < -0.39 is 5.91 Å². The van der Waals surface area contributed by atoms with Gasteiger partial charge in [-0.1, -0.05) is 18.2 Å². The van der Waals surface area contributed by atoms with Crippen LogP contribution >= 0.6 is 0 Å². The second-order valence-corrected chi connectivity index (χ2v) is 6.85. The zero-order valence-corrected chi connectivity index (χ0v) is 15.2. The van der Waals surface area contributed by atoms with Crippen molar-refractivity contribution >= 4 is 11.8 Å². The average molecular weight is 352 g/mol. The third-order valence-corrected chi connectivity index (χ3v) is 4.74. The van der Waals surface area contributed by atoms with Gasteiger partial charge in [-0.2, -0.15) is 0 Å². The molecule has 0 saturated heterocycles. The van der Waals surface area contributed by atoms with Gasteiger partial charge < -0.3 is 15.4 Å². The van der Waals surface area contributed by atoms with Crippen LogP contribution in [0.1, 0.15) is 39.9 Å². The number of nitrogens with two attached hydrogens (primary N) is 1. The largest absolute Gasteiger partial charge is 0.484 e. The highest BCUT2D eigenvalue weighted by atomic mass is 16.5. The molecule has 0 unspecified atom stereocenters. The fourth-order valence-corrected chi connectivity index (χ4v) is 2.81. The van der Waals surface area contributed by atoms with Gasteiger partial charge in [-0.15, -0.1) is 0 Å². The Morgan fingerprint density at radius 2 is 1.77 bits per heavy atom. The Balaban J connectivity index is 1.62. The Hall–Kier alpha value is -2.82. The molecule has 5 nitrogen and oxygen atoms in total. The molecule has 3 rings (SSSR count). The maximum Gasteiger partial charge on any atom is 0.261 e. The van der Waals surface area contributed by atoms with Crippen molar-refractivity contribution in [1.29, 1.82) is 0 Å². The summed E-state index contributed by atoms with van der Waals surface area (Å²) in [5, 5.41) is 0. The van der Waals surface area contributed by atoms with Crippen molar-refractivity contribution in [2.24, 2.45) is 5.73 Å². The number of benzene rings is 2. The summed E-state index contributed by atoms with van der Waals surface area (Å²) in [6, 6.07) is 13.2. The summed E-state index contributed by atoms with van der Waals surface area (Å²) in [4.78, 5) is 25.7. The van der Waals surface area contributed by atoms with Crippen molar-refractivity contribution in [2.45, 2.75) is 39.3 Å². The van der Waals surface area contributed by atoms with Crippen molar-refractivity contribution < 1.29 is 14.3 Å². The predicted molar refractivity (Wildman–Crippen MR) is 99.9 cm³/mol. The summed E-state index contributed by atoms with van der Waals surface area (Å²) in [5.41, 5.74) is 9.05. The summed E-state index contributed by atoms with van der Waals surface area (Å²) >= 11 is 0. The molecule has 136 valence electrons. The highest BCUT2D eigenvalue weighted by Crippen LogP contribution is 2.28. The Morgan fingerprint density at radius 3 is 2.35 bits per heavy atom. The summed E-state index contributed by atoms with van der Waals surface area (Å²) in [6.45, 7) is 4.61. The van der Waals surface area contributed by atoms with Crippen LogP contribution in [-0.2, 0) is 11.3 Å². The Bertz CT molecular complexity index is 811. The fraction of sp³-hybridized carbons (Fsp3) is 0.333. The lowest BCUT2D eigenvalue weighted by atomic mass is 10.1. The topological polar surface area (TPSA) is 72.6 Å². The first-order valence-corrected chi connectivity index (χ1v) is 8.82. The first-order chi connectivity index (χ1) is 12.4. The van der Waals surface area contributed by atoms with Gasteiger partial charge in [0.25, 0.3) is 5.91 Å². The van der Waals surface area contributed by atoms with Gasteiger partial charge in [-0.25, -0.2) is 0 Å². The highest BCUT2D eigenvalue weighted by Gasteiger charge is 2.32. The van der Waals surface area contributed by atoms with E-state index in [1.54, 1.807) is 12.1 Å². The summed E-state index contributed by atoms with van der Waals surface area (Å²) in [7, 11) is 0. The molecule has 0 radical (unpaired) electrons. The molecule has 26 heavy (non-hydrogen) atoms. The first-order valence-electron chi connectivity index (χ1n) is 8.82. The van der Waals surface area contributed by atoms with Crippen LogP contribution in [0.2, 0.25) is 0 Å². The monoisotopic (exact) mass is 352 g/mol. The Kier molecular flexibility index (Phi) is 5.26. The van der Waals surface area contributed by atoms with Crippen LogP contribution in [0, 0.1) is 13.8 Å². The summed E-state index contributed by atoms with van der Waals surface area (Å²) in [5.74, 6) is 0.237. The number of primary amides is 1. The minimum absolute atomic E-state index is 0.0234. The van der Waals surface area contributed by atoms with Gasteiger partial charge in [0.1, 0.15) is 5.75 Å². The van der Waals surface area contributed by atoms with Gasteiger partial charge in [-0.05, 0) is 67.6 Å². The quantitative estimate of drug-likeness (QED) is 0.833. The molecule has 1 aliphatic carbocycles. The SMILES string of the molecule is Cc1ccc(OCC(=O)N(Cc2ccc(C(N)=O)cc2)C2CC2)cc1C. The van der Waals surface area contributed by atoms with E-state index in [9.17, 15) is 9.59 Å². The van der Waals surface area contributed by atoms with Crippen molar-refractivity contribution in [3.8, 4) is 5.75 Å². The zero-order valence-electron chi connectivity index (χ0n) is 15.2. The van der Waals surface area contributed by atoms with Gasteiger partial charge in [0.15, 0.2) is 6.61 Å². The standard InChI is InChI=1S/C21H24N2O3/c1-14-3-10-19(11-15(14)2)26-13-20(24)23(18-8-9-18)12-16-4-6-17(7-5-16)21(22)25/h3-7,10-11,18H,8-9,12-13H2,1-2H3,(H2,22,25). The number of ether oxygens (including phenoxy) is 1. The minimum Gasteiger partial charge on any atom is -0.484 e. The van der Waals surface area contributed by atoms with Crippen molar-refractivity contribution in [3.05, 3.63) is 64.7 Å². The molecule has 0 heterocycles. The number of aryl methyl sites for hydroxylation is 2. The second-order valence-electron chi connectivity index (χ2n) is 6.85. The van der Waals surface area contributed by atoms with Gasteiger partial charge in [0.05, 0.1) is 0 Å².